The zero-order valence-corrected chi connectivity index (χ0v) is 11.7. The number of nitro benzene ring substituents is 1. The number of nitriles is 1. The Morgan fingerprint density at radius 1 is 1.23 bits per heavy atom. The monoisotopic (exact) mass is 313 g/mol. The van der Waals surface area contributed by atoms with Gasteiger partial charge in [-0.1, -0.05) is 0 Å². The molecule has 0 aliphatic heterocycles. The van der Waals surface area contributed by atoms with Crippen molar-refractivity contribution in [2.75, 3.05) is 5.32 Å². The fourth-order valence-corrected chi connectivity index (χ4v) is 2.30. The first-order valence-corrected chi connectivity index (χ1v) is 6.83. The highest BCUT2D eigenvalue weighted by Crippen LogP contribution is 2.34. The summed E-state index contributed by atoms with van der Waals surface area (Å²) in [4.78, 5) is 11.4. The normalized spacial score (nSPS) is 10.3. The first-order valence-electron chi connectivity index (χ1n) is 6.02. The Hall–Kier alpha value is -3.12. The molecule has 0 radical (unpaired) electrons. The van der Waals surface area contributed by atoms with E-state index < -0.39 is 4.92 Å². The molecule has 0 spiro atoms. The van der Waals surface area contributed by atoms with Crippen LogP contribution in [0, 0.1) is 20.8 Å². The van der Waals surface area contributed by atoms with Crippen molar-refractivity contribution in [1.29, 1.82) is 5.26 Å². The van der Waals surface area contributed by atoms with E-state index in [1.165, 1.54) is 12.1 Å². The Labute approximate surface area is 127 Å². The molecule has 2 aromatic carbocycles. The summed E-state index contributed by atoms with van der Waals surface area (Å²) in [6.07, 6.45) is 0. The summed E-state index contributed by atoms with van der Waals surface area (Å²) < 4.78 is 4.63. The maximum absolute atomic E-state index is 11.2. The van der Waals surface area contributed by atoms with Crippen LogP contribution in [0.5, 0.6) is 0 Å². The first-order chi connectivity index (χ1) is 10.7. The summed E-state index contributed by atoms with van der Waals surface area (Å²) in [6, 6.07) is 9.73. The van der Waals surface area contributed by atoms with Gasteiger partial charge in [0.1, 0.15) is 16.6 Å². The predicted octanol–water partition coefficient (Wildman–Crippen LogP) is 3.45. The van der Waals surface area contributed by atoms with E-state index >= 15 is 0 Å². The number of hydrogen-bond donors (Lipinski definition) is 1. The third-order valence-electron chi connectivity index (χ3n) is 2.89. The summed E-state index contributed by atoms with van der Waals surface area (Å²) in [5.41, 5.74) is 1.42. The van der Waals surface area contributed by atoms with Crippen molar-refractivity contribution < 1.29 is 9.55 Å². The highest BCUT2D eigenvalue weighted by atomic mass is 32.2. The molecule has 108 valence electrons. The lowest BCUT2D eigenvalue weighted by Crippen LogP contribution is -1.98. The highest BCUT2D eigenvalue weighted by molar-refractivity contribution is 8.03. The second kappa shape index (κ2) is 5.71. The molecule has 0 saturated carbocycles. The number of rotatable bonds is 4. The third kappa shape index (κ3) is 2.55. The number of thiocyanates is 1. The van der Waals surface area contributed by atoms with Crippen LogP contribution in [0.25, 0.3) is 11.0 Å². The second-order valence-electron chi connectivity index (χ2n) is 4.19. The molecule has 3 rings (SSSR count). The Morgan fingerprint density at radius 3 is 2.68 bits per heavy atom. The van der Waals surface area contributed by atoms with Crippen molar-refractivity contribution in [3.05, 3.63) is 46.5 Å². The van der Waals surface area contributed by atoms with Gasteiger partial charge >= 0.3 is 0 Å². The summed E-state index contributed by atoms with van der Waals surface area (Å²) in [5.74, 6) is 0. The lowest BCUT2D eigenvalue weighted by atomic mass is 10.2. The van der Waals surface area contributed by atoms with Crippen molar-refractivity contribution in [2.24, 2.45) is 0 Å². The van der Waals surface area contributed by atoms with Gasteiger partial charge in [-0.05, 0) is 52.4 Å². The van der Waals surface area contributed by atoms with E-state index in [4.69, 9.17) is 5.26 Å². The molecule has 1 N–H and O–H groups in total. The number of aromatic nitrogens is 2. The lowest BCUT2D eigenvalue weighted by molar-refractivity contribution is -0.383. The maximum Gasteiger partial charge on any atom is 0.295 e. The molecular formula is C13H7N5O3S. The fraction of sp³-hybridized carbons (Fsp3) is 0. The minimum atomic E-state index is -0.504. The van der Waals surface area contributed by atoms with Gasteiger partial charge in [-0.3, -0.25) is 10.1 Å². The summed E-state index contributed by atoms with van der Waals surface area (Å²) in [5, 5.41) is 32.1. The van der Waals surface area contributed by atoms with Gasteiger partial charge in [0.15, 0.2) is 5.52 Å². The highest BCUT2D eigenvalue weighted by Gasteiger charge is 2.20. The number of fused-ring (bicyclic) bond motifs is 1. The van der Waals surface area contributed by atoms with Crippen LogP contribution in [0.15, 0.2) is 45.9 Å². The summed E-state index contributed by atoms with van der Waals surface area (Å²) >= 11 is 1.03. The van der Waals surface area contributed by atoms with Gasteiger partial charge in [0.05, 0.1) is 4.92 Å². The number of nitrogens with zero attached hydrogens (tertiary/aromatic N) is 4. The standard InChI is InChI=1S/C13H7N5O3S/c14-7-22-9-3-1-8(2-4-9)15-13-11(18(19)20)6-5-10-12(13)17-21-16-10/h1-6,15H. The van der Waals surface area contributed by atoms with Crippen LogP contribution in [0.2, 0.25) is 0 Å². The molecule has 22 heavy (non-hydrogen) atoms. The summed E-state index contributed by atoms with van der Waals surface area (Å²) in [6.45, 7) is 0. The van der Waals surface area contributed by atoms with Gasteiger partial charge in [-0.25, -0.2) is 4.63 Å². The Kier molecular flexibility index (Phi) is 3.59. The number of nitrogens with one attached hydrogen (secondary N) is 1. The van der Waals surface area contributed by atoms with E-state index in [-0.39, 0.29) is 16.9 Å². The molecule has 0 bridgehead atoms. The Bertz CT molecular complexity index is 885. The molecule has 0 unspecified atom stereocenters. The van der Waals surface area contributed by atoms with Gasteiger partial charge in [0.25, 0.3) is 5.69 Å². The van der Waals surface area contributed by atoms with Crippen LogP contribution in [0.4, 0.5) is 17.1 Å². The minimum Gasteiger partial charge on any atom is -0.348 e. The van der Waals surface area contributed by atoms with Crippen LogP contribution in [0.3, 0.4) is 0 Å². The molecule has 0 amide bonds. The SMILES string of the molecule is N#CSc1ccc(Nc2c([N+](=O)[O-])ccc3nonc23)cc1. The van der Waals surface area contributed by atoms with Gasteiger partial charge < -0.3 is 5.32 Å². The largest absolute Gasteiger partial charge is 0.348 e. The van der Waals surface area contributed by atoms with E-state index in [0.717, 1.165) is 16.7 Å². The van der Waals surface area contributed by atoms with Crippen LogP contribution < -0.4 is 5.32 Å². The third-order valence-corrected chi connectivity index (χ3v) is 3.49. The minimum absolute atomic E-state index is 0.126. The smallest absolute Gasteiger partial charge is 0.295 e. The van der Waals surface area contributed by atoms with Crippen molar-refractivity contribution in [2.45, 2.75) is 4.90 Å². The van der Waals surface area contributed by atoms with Gasteiger partial charge in [-0.15, -0.1) is 0 Å². The number of anilines is 2. The molecule has 9 heteroatoms. The maximum atomic E-state index is 11.2. The first kappa shape index (κ1) is 13.8. The molecule has 0 aliphatic carbocycles. The second-order valence-corrected chi connectivity index (χ2v) is 5.05. The van der Waals surface area contributed by atoms with Crippen LogP contribution in [-0.4, -0.2) is 15.2 Å². The predicted molar refractivity (Wildman–Crippen MR) is 79.7 cm³/mol. The zero-order valence-electron chi connectivity index (χ0n) is 10.9. The van der Waals surface area contributed by atoms with E-state index in [1.807, 2.05) is 5.40 Å². The molecular weight excluding hydrogens is 306 g/mol. The molecule has 0 fully saturated rings. The molecule has 8 nitrogen and oxygen atoms in total. The van der Waals surface area contributed by atoms with Gasteiger partial charge in [0, 0.05) is 16.6 Å². The van der Waals surface area contributed by atoms with E-state index in [9.17, 15) is 10.1 Å². The number of thioether (sulfide) groups is 1. The van der Waals surface area contributed by atoms with Crippen molar-refractivity contribution in [3.63, 3.8) is 0 Å². The van der Waals surface area contributed by atoms with Gasteiger partial charge in [-0.2, -0.15) is 5.26 Å². The van der Waals surface area contributed by atoms with Crippen LogP contribution in [0.1, 0.15) is 0 Å². The van der Waals surface area contributed by atoms with E-state index in [2.05, 4.69) is 20.3 Å². The summed E-state index contributed by atoms with van der Waals surface area (Å²) in [7, 11) is 0. The van der Waals surface area contributed by atoms with Crippen molar-refractivity contribution in [3.8, 4) is 5.40 Å². The number of benzene rings is 2. The number of nitro groups is 1. The molecule has 0 saturated heterocycles. The number of hydrogen-bond acceptors (Lipinski definition) is 8. The van der Waals surface area contributed by atoms with Crippen molar-refractivity contribution >= 4 is 39.9 Å². The molecule has 0 atom stereocenters. The van der Waals surface area contributed by atoms with Crippen LogP contribution >= 0.6 is 11.8 Å². The average molecular weight is 313 g/mol. The fourth-order valence-electron chi connectivity index (χ4n) is 1.92. The molecule has 0 aliphatic rings. The Balaban J connectivity index is 2.02. The molecule has 3 aromatic rings. The quantitative estimate of drug-likeness (QED) is 0.337. The van der Waals surface area contributed by atoms with E-state index in [0.29, 0.717) is 11.2 Å². The Morgan fingerprint density at radius 2 is 2.00 bits per heavy atom. The lowest BCUT2D eigenvalue weighted by Gasteiger charge is -2.07. The van der Waals surface area contributed by atoms with Crippen molar-refractivity contribution in [1.82, 2.24) is 10.3 Å². The van der Waals surface area contributed by atoms with E-state index in [1.54, 1.807) is 24.3 Å². The van der Waals surface area contributed by atoms with Crippen LogP contribution in [-0.2, 0) is 0 Å². The zero-order chi connectivity index (χ0) is 15.5. The molecule has 1 aromatic heterocycles. The van der Waals surface area contributed by atoms with Gasteiger partial charge in [0.2, 0.25) is 0 Å². The molecule has 1 heterocycles. The topological polar surface area (TPSA) is 118 Å². The average Bonchev–Trinajstić information content (AvgIpc) is 2.98.